The van der Waals surface area contributed by atoms with Crippen LogP contribution in [0.25, 0.3) is 0 Å². The summed E-state index contributed by atoms with van der Waals surface area (Å²) in [5.41, 5.74) is 0.373. The molecule has 5 nitrogen and oxygen atoms in total. The lowest BCUT2D eigenvalue weighted by molar-refractivity contribution is 0.0601. The van der Waals surface area contributed by atoms with Crippen molar-refractivity contribution in [3.8, 4) is 0 Å². The third-order valence-corrected chi connectivity index (χ3v) is 1.95. The van der Waals surface area contributed by atoms with Crippen molar-refractivity contribution in [3.05, 3.63) is 28.8 Å². The molecule has 0 radical (unpaired) electrons. The summed E-state index contributed by atoms with van der Waals surface area (Å²) in [7, 11) is 1.22. The molecule has 0 unspecified atom stereocenters. The Hall–Kier alpha value is -1.75. The summed E-state index contributed by atoms with van der Waals surface area (Å²) in [6.45, 7) is 0. The van der Waals surface area contributed by atoms with Gasteiger partial charge in [-0.3, -0.25) is 5.32 Å². The number of ether oxygens (including phenoxy) is 1. The van der Waals surface area contributed by atoms with Gasteiger partial charge >= 0.3 is 12.1 Å². The minimum absolute atomic E-state index is 0.116. The van der Waals surface area contributed by atoms with Gasteiger partial charge in [0.05, 0.1) is 17.7 Å². The number of methoxy groups -OCH3 is 1. The Kier molecular flexibility index (Phi) is 3.51. The molecule has 0 saturated heterocycles. The number of anilines is 1. The van der Waals surface area contributed by atoms with Crippen LogP contribution in [0, 0.1) is 0 Å². The molecule has 1 aromatic carbocycles. The van der Waals surface area contributed by atoms with Crippen LogP contribution in [0.2, 0.25) is 5.02 Å². The number of benzene rings is 1. The van der Waals surface area contributed by atoms with Gasteiger partial charge in [0.2, 0.25) is 0 Å². The third-order valence-electron chi connectivity index (χ3n) is 1.62. The maximum absolute atomic E-state index is 11.2. The van der Waals surface area contributed by atoms with Crippen LogP contribution in [0.5, 0.6) is 0 Å². The highest BCUT2D eigenvalue weighted by Gasteiger charge is 2.11. The van der Waals surface area contributed by atoms with E-state index in [1.165, 1.54) is 25.3 Å². The summed E-state index contributed by atoms with van der Waals surface area (Å²) in [5, 5.41) is 10.8. The van der Waals surface area contributed by atoms with Gasteiger partial charge in [0.15, 0.2) is 0 Å². The van der Waals surface area contributed by atoms with E-state index in [0.29, 0.717) is 0 Å². The van der Waals surface area contributed by atoms with Crippen LogP contribution in [-0.2, 0) is 4.74 Å². The lowest BCUT2D eigenvalue weighted by Crippen LogP contribution is -2.09. The van der Waals surface area contributed by atoms with Gasteiger partial charge < -0.3 is 9.84 Å². The molecule has 0 aliphatic rings. The second-order valence-corrected chi connectivity index (χ2v) is 3.02. The third kappa shape index (κ3) is 2.85. The van der Waals surface area contributed by atoms with Crippen LogP contribution in [0.1, 0.15) is 10.4 Å². The van der Waals surface area contributed by atoms with Crippen LogP contribution < -0.4 is 5.32 Å². The second kappa shape index (κ2) is 4.65. The van der Waals surface area contributed by atoms with Crippen molar-refractivity contribution in [3.63, 3.8) is 0 Å². The number of carboxylic acid groups (broad SMARTS) is 1. The van der Waals surface area contributed by atoms with E-state index in [1.807, 2.05) is 0 Å². The molecule has 0 fully saturated rings. The minimum atomic E-state index is -1.21. The molecule has 80 valence electrons. The first-order valence-corrected chi connectivity index (χ1v) is 4.30. The topological polar surface area (TPSA) is 75.6 Å². The second-order valence-electron chi connectivity index (χ2n) is 2.62. The zero-order valence-corrected chi connectivity index (χ0v) is 8.54. The van der Waals surface area contributed by atoms with Crippen LogP contribution in [0.4, 0.5) is 10.5 Å². The van der Waals surface area contributed by atoms with Gasteiger partial charge in [0.25, 0.3) is 0 Å². The first kappa shape index (κ1) is 11.3. The average Bonchev–Trinajstić information content (AvgIpc) is 2.19. The molecule has 0 spiro atoms. The number of hydrogen-bond donors (Lipinski definition) is 2. The molecule has 0 bridgehead atoms. The largest absolute Gasteiger partial charge is 0.465 e. The van der Waals surface area contributed by atoms with Crippen LogP contribution in [0.15, 0.2) is 18.2 Å². The molecule has 2 N–H and O–H groups in total. The van der Waals surface area contributed by atoms with Crippen molar-refractivity contribution >= 4 is 29.4 Å². The smallest absolute Gasteiger partial charge is 0.409 e. The van der Waals surface area contributed by atoms with Gasteiger partial charge in [-0.2, -0.15) is 0 Å². The predicted octanol–water partition coefficient (Wildman–Crippen LogP) is 2.22. The van der Waals surface area contributed by atoms with Crippen molar-refractivity contribution in [2.24, 2.45) is 0 Å². The number of carbonyl (C=O) groups is 2. The molecule has 1 rings (SSSR count). The van der Waals surface area contributed by atoms with Crippen LogP contribution in [-0.4, -0.2) is 24.3 Å². The zero-order chi connectivity index (χ0) is 11.4. The summed E-state index contributed by atoms with van der Waals surface area (Å²) in [5.74, 6) is -0.617. The van der Waals surface area contributed by atoms with Gasteiger partial charge in [-0.05, 0) is 18.2 Å². The highest BCUT2D eigenvalue weighted by molar-refractivity contribution is 6.33. The van der Waals surface area contributed by atoms with Gasteiger partial charge in [0.1, 0.15) is 0 Å². The summed E-state index contributed by atoms with van der Waals surface area (Å²) in [6.07, 6.45) is -1.21. The Morgan fingerprint density at radius 2 is 2.13 bits per heavy atom. The first-order chi connectivity index (χ1) is 7.04. The highest BCUT2D eigenvalue weighted by Crippen LogP contribution is 2.21. The van der Waals surface area contributed by atoms with Crippen molar-refractivity contribution in [2.45, 2.75) is 0 Å². The van der Waals surface area contributed by atoms with Crippen molar-refractivity contribution in [1.29, 1.82) is 0 Å². The van der Waals surface area contributed by atoms with Crippen molar-refractivity contribution < 1.29 is 19.4 Å². The number of carbonyl (C=O) groups excluding carboxylic acids is 1. The number of amides is 1. The fraction of sp³-hybridized carbons (Fsp3) is 0.111. The van der Waals surface area contributed by atoms with E-state index < -0.39 is 12.1 Å². The Bertz CT molecular complexity index is 405. The van der Waals surface area contributed by atoms with Gasteiger partial charge in [-0.1, -0.05) is 11.6 Å². The lowest BCUT2D eigenvalue weighted by atomic mass is 10.2. The Morgan fingerprint density at radius 3 is 2.67 bits per heavy atom. The molecule has 0 aliphatic carbocycles. The van der Waals surface area contributed by atoms with E-state index >= 15 is 0 Å². The monoisotopic (exact) mass is 229 g/mol. The summed E-state index contributed by atoms with van der Waals surface area (Å²) in [6, 6.07) is 4.17. The average molecular weight is 230 g/mol. The van der Waals surface area contributed by atoms with Crippen molar-refractivity contribution in [2.75, 3.05) is 12.4 Å². The molecular weight excluding hydrogens is 222 g/mol. The quantitative estimate of drug-likeness (QED) is 0.763. The highest BCUT2D eigenvalue weighted by atomic mass is 35.5. The number of rotatable bonds is 2. The lowest BCUT2D eigenvalue weighted by Gasteiger charge is -2.05. The van der Waals surface area contributed by atoms with E-state index in [4.69, 9.17) is 16.7 Å². The number of halogens is 1. The number of hydrogen-bond acceptors (Lipinski definition) is 3. The van der Waals surface area contributed by atoms with E-state index in [-0.39, 0.29) is 16.3 Å². The summed E-state index contributed by atoms with van der Waals surface area (Å²) >= 11 is 5.73. The number of nitrogens with one attached hydrogen (secondary N) is 1. The van der Waals surface area contributed by atoms with Gasteiger partial charge in [-0.15, -0.1) is 0 Å². The molecule has 0 atom stereocenters. The maximum Gasteiger partial charge on any atom is 0.409 e. The van der Waals surface area contributed by atoms with E-state index in [1.54, 1.807) is 0 Å². The normalized spacial score (nSPS) is 9.47. The Morgan fingerprint density at radius 1 is 1.47 bits per heavy atom. The predicted molar refractivity (Wildman–Crippen MR) is 54.4 cm³/mol. The molecule has 0 aromatic heterocycles. The number of esters is 1. The minimum Gasteiger partial charge on any atom is -0.465 e. The fourth-order valence-electron chi connectivity index (χ4n) is 0.993. The molecule has 1 aromatic rings. The van der Waals surface area contributed by atoms with Crippen molar-refractivity contribution in [1.82, 2.24) is 0 Å². The van der Waals surface area contributed by atoms with Gasteiger partial charge in [-0.25, -0.2) is 9.59 Å². The molecule has 1 amide bonds. The van der Waals surface area contributed by atoms with E-state index in [9.17, 15) is 9.59 Å². The Labute approximate surface area is 90.6 Å². The molecule has 0 aliphatic heterocycles. The molecule has 0 heterocycles. The molecule has 0 saturated carbocycles. The van der Waals surface area contributed by atoms with Crippen LogP contribution in [0.3, 0.4) is 0 Å². The molecule has 15 heavy (non-hydrogen) atoms. The maximum atomic E-state index is 11.2. The summed E-state index contributed by atoms with van der Waals surface area (Å²) < 4.78 is 4.48. The Balaban J connectivity index is 3.05. The van der Waals surface area contributed by atoms with E-state index in [0.717, 1.165) is 0 Å². The first-order valence-electron chi connectivity index (χ1n) is 3.92. The SMILES string of the molecule is COC(=O)c1cc(NC(=O)O)ccc1Cl. The van der Waals surface area contributed by atoms with Gasteiger partial charge in [0, 0.05) is 5.69 Å². The zero-order valence-electron chi connectivity index (χ0n) is 7.78. The van der Waals surface area contributed by atoms with E-state index in [2.05, 4.69) is 10.1 Å². The fourth-order valence-corrected chi connectivity index (χ4v) is 1.19. The standard InChI is InChI=1S/C9H8ClNO4/c1-15-8(12)6-4-5(11-9(13)14)2-3-7(6)10/h2-4,11H,1H3,(H,13,14). The molecule has 6 heteroatoms. The molecular formula is C9H8ClNO4. The summed E-state index contributed by atoms with van der Waals surface area (Å²) in [4.78, 5) is 21.5. The van der Waals surface area contributed by atoms with Crippen LogP contribution >= 0.6 is 11.6 Å².